The SMILES string of the molecule is CCCCCC/C=C\C=C/CCCCCCCC(=O)O[C@H](COC(=O)CCCCCCCCCCCCCCCCCCC(C)C)COP(=O)(O)OCC(O)COP(=O)(O)OC[C@@H](COC(=O)CCCCCCCCC(C)C)OC(=O)CCCCCCCCCCCCCCCCC(C)C. The van der Waals surface area contributed by atoms with Gasteiger partial charge in [0.25, 0.3) is 0 Å². The quantitative estimate of drug-likeness (QED) is 0.0169. The Morgan fingerprint density at radius 2 is 0.540 bits per heavy atom. The second-order valence-electron chi connectivity index (χ2n) is 29.9. The number of hydrogen-bond donors (Lipinski definition) is 3. The molecule has 5 atom stereocenters. The predicted octanol–water partition coefficient (Wildman–Crippen LogP) is 23.7. The summed E-state index contributed by atoms with van der Waals surface area (Å²) in [6, 6.07) is 0. The molecule has 0 radical (unpaired) electrons. The Bertz CT molecular complexity index is 2030. The number of aliphatic hydroxyl groups is 1. The molecule has 0 saturated heterocycles. The van der Waals surface area contributed by atoms with Crippen LogP contribution in [-0.4, -0.2) is 96.7 Å². The van der Waals surface area contributed by atoms with Crippen LogP contribution in [0.2, 0.25) is 0 Å². The number of phosphoric ester groups is 2. The number of phosphoric acid groups is 2. The van der Waals surface area contributed by atoms with Gasteiger partial charge in [-0.2, -0.15) is 0 Å². The van der Waals surface area contributed by atoms with Crippen molar-refractivity contribution in [2.24, 2.45) is 17.8 Å². The zero-order chi connectivity index (χ0) is 73.7. The molecule has 0 aliphatic carbocycles. The van der Waals surface area contributed by atoms with Crippen molar-refractivity contribution in [2.45, 2.75) is 414 Å². The molecule has 0 aromatic heterocycles. The molecule has 17 nitrogen and oxygen atoms in total. The van der Waals surface area contributed by atoms with Gasteiger partial charge >= 0.3 is 39.5 Å². The standard InChI is InChI=1S/C81H154O17P2/c1-8-9-10-11-12-13-14-15-18-26-31-36-41-50-57-64-80(85)97-76(68-91-78(83)62-55-48-40-35-30-25-20-17-16-19-23-28-33-38-45-52-59-72(2)3)70-95-99(87,88)93-66-75(82)67-94-100(89,90)96-71-77(69-92-79(84)63-56-49-44-43-47-54-61-74(6)7)98-81(86)65-58-51-42-37-32-27-22-21-24-29-34-39-46-53-60-73(4)5/h13-15,18,72-77,82H,8-12,16-17,19-71H2,1-7H3,(H,87,88)(H,89,90)/b14-13-,18-15-/t75?,76-,77-/m1/s1. The number of rotatable bonds is 77. The molecular formula is C81H154O17P2. The maximum Gasteiger partial charge on any atom is 0.472 e. The van der Waals surface area contributed by atoms with Crippen LogP contribution < -0.4 is 0 Å². The van der Waals surface area contributed by atoms with Crippen LogP contribution >= 0.6 is 15.6 Å². The van der Waals surface area contributed by atoms with E-state index in [1.807, 2.05) is 0 Å². The number of aliphatic hydroxyl groups excluding tert-OH is 1. The second kappa shape index (κ2) is 70.8. The minimum atomic E-state index is -4.97. The summed E-state index contributed by atoms with van der Waals surface area (Å²) in [4.78, 5) is 72.9. The minimum Gasteiger partial charge on any atom is -0.462 e. The summed E-state index contributed by atoms with van der Waals surface area (Å²) in [6.45, 7) is 11.8. The molecule has 0 saturated carbocycles. The number of unbranched alkanes of at least 4 members (excludes halogenated alkanes) is 42. The molecular weight excluding hydrogens is 1310 g/mol. The smallest absolute Gasteiger partial charge is 0.462 e. The van der Waals surface area contributed by atoms with Gasteiger partial charge in [-0.1, -0.05) is 342 Å². The molecule has 0 amide bonds. The van der Waals surface area contributed by atoms with Gasteiger partial charge in [0.1, 0.15) is 19.3 Å². The number of allylic oxidation sites excluding steroid dienone is 4. The molecule has 0 aromatic rings. The van der Waals surface area contributed by atoms with Crippen molar-refractivity contribution in [1.29, 1.82) is 0 Å². The fraction of sp³-hybridized carbons (Fsp3) is 0.901. The average molecular weight is 1460 g/mol. The van der Waals surface area contributed by atoms with Crippen LogP contribution in [0.3, 0.4) is 0 Å². The van der Waals surface area contributed by atoms with Crippen LogP contribution in [-0.2, 0) is 65.4 Å². The van der Waals surface area contributed by atoms with Crippen molar-refractivity contribution in [3.63, 3.8) is 0 Å². The van der Waals surface area contributed by atoms with Gasteiger partial charge in [0.05, 0.1) is 26.4 Å². The largest absolute Gasteiger partial charge is 0.472 e. The highest BCUT2D eigenvalue weighted by molar-refractivity contribution is 7.47. The number of carbonyl (C=O) groups excluding carboxylic acids is 4. The Labute approximate surface area is 612 Å². The van der Waals surface area contributed by atoms with Gasteiger partial charge < -0.3 is 33.8 Å². The van der Waals surface area contributed by atoms with E-state index in [4.69, 9.17) is 37.0 Å². The number of hydrogen-bond acceptors (Lipinski definition) is 15. The molecule has 0 aliphatic rings. The predicted molar refractivity (Wildman–Crippen MR) is 409 cm³/mol. The molecule has 3 unspecified atom stereocenters. The maximum atomic E-state index is 13.1. The van der Waals surface area contributed by atoms with Gasteiger partial charge in [-0.05, 0) is 69.1 Å². The topological polar surface area (TPSA) is 237 Å². The molecule has 0 heterocycles. The summed E-state index contributed by atoms with van der Waals surface area (Å²) in [6.07, 6.45) is 62.0. The number of ether oxygens (including phenoxy) is 4. The summed E-state index contributed by atoms with van der Waals surface area (Å²) in [7, 11) is -9.93. The Hall–Kier alpha value is -2.46. The molecule has 0 fully saturated rings. The van der Waals surface area contributed by atoms with E-state index in [9.17, 15) is 43.2 Å². The van der Waals surface area contributed by atoms with Gasteiger partial charge in [0.2, 0.25) is 0 Å². The van der Waals surface area contributed by atoms with Crippen molar-refractivity contribution in [2.75, 3.05) is 39.6 Å². The summed E-state index contributed by atoms with van der Waals surface area (Å²) in [5.74, 6) is 0.138. The minimum absolute atomic E-state index is 0.0851. The first-order valence-corrected chi connectivity index (χ1v) is 44.2. The van der Waals surface area contributed by atoms with Crippen molar-refractivity contribution < 1.29 is 80.2 Å². The zero-order valence-electron chi connectivity index (χ0n) is 65.2. The first kappa shape index (κ1) is 97.5. The first-order chi connectivity index (χ1) is 48.2. The lowest BCUT2D eigenvalue weighted by Crippen LogP contribution is -2.30. The number of carbonyl (C=O) groups is 4. The van der Waals surface area contributed by atoms with Crippen molar-refractivity contribution >= 4 is 39.5 Å². The molecule has 19 heteroatoms. The van der Waals surface area contributed by atoms with E-state index in [0.29, 0.717) is 31.6 Å². The summed E-state index contributed by atoms with van der Waals surface area (Å²) < 4.78 is 68.6. The Morgan fingerprint density at radius 3 is 0.810 bits per heavy atom. The van der Waals surface area contributed by atoms with Crippen LogP contribution in [0.1, 0.15) is 395 Å². The van der Waals surface area contributed by atoms with Gasteiger partial charge in [-0.3, -0.25) is 37.3 Å². The normalized spacial score (nSPS) is 14.1. The van der Waals surface area contributed by atoms with Crippen molar-refractivity contribution in [3.8, 4) is 0 Å². The lowest BCUT2D eigenvalue weighted by Gasteiger charge is -2.21. The monoisotopic (exact) mass is 1460 g/mol. The third-order valence-corrected chi connectivity index (χ3v) is 20.2. The molecule has 100 heavy (non-hydrogen) atoms. The van der Waals surface area contributed by atoms with E-state index < -0.39 is 97.5 Å². The Balaban J connectivity index is 5.24. The highest BCUT2D eigenvalue weighted by Crippen LogP contribution is 2.45. The van der Waals surface area contributed by atoms with Crippen LogP contribution in [0.15, 0.2) is 24.3 Å². The Kier molecular flexibility index (Phi) is 69.1. The highest BCUT2D eigenvalue weighted by atomic mass is 31.2. The second-order valence-corrected chi connectivity index (χ2v) is 32.8. The lowest BCUT2D eigenvalue weighted by molar-refractivity contribution is -0.161. The van der Waals surface area contributed by atoms with Gasteiger partial charge in [0, 0.05) is 25.7 Å². The number of esters is 4. The van der Waals surface area contributed by atoms with Crippen LogP contribution in [0.4, 0.5) is 0 Å². The highest BCUT2D eigenvalue weighted by Gasteiger charge is 2.30. The van der Waals surface area contributed by atoms with E-state index >= 15 is 0 Å². The summed E-state index contributed by atoms with van der Waals surface area (Å²) in [5.41, 5.74) is 0. The molecule has 3 N–H and O–H groups in total. The van der Waals surface area contributed by atoms with E-state index in [1.165, 1.54) is 186 Å². The van der Waals surface area contributed by atoms with Crippen molar-refractivity contribution in [1.82, 2.24) is 0 Å². The van der Waals surface area contributed by atoms with Crippen LogP contribution in [0, 0.1) is 17.8 Å². The molecule has 0 bridgehead atoms. The first-order valence-electron chi connectivity index (χ1n) is 41.2. The molecule has 0 aliphatic heterocycles. The molecule has 590 valence electrons. The summed E-state index contributed by atoms with van der Waals surface area (Å²) in [5, 5.41) is 10.6. The van der Waals surface area contributed by atoms with Gasteiger partial charge in [0.15, 0.2) is 12.2 Å². The molecule has 0 rings (SSSR count). The zero-order valence-corrected chi connectivity index (χ0v) is 66.9. The lowest BCUT2D eigenvalue weighted by atomic mass is 10.0. The molecule has 0 spiro atoms. The van der Waals surface area contributed by atoms with E-state index in [0.717, 1.165) is 121 Å². The van der Waals surface area contributed by atoms with E-state index in [1.54, 1.807) is 0 Å². The molecule has 0 aromatic carbocycles. The van der Waals surface area contributed by atoms with Gasteiger partial charge in [-0.15, -0.1) is 0 Å². The average Bonchev–Trinajstić information content (AvgIpc) is 0.924. The maximum absolute atomic E-state index is 13.1. The fourth-order valence-electron chi connectivity index (χ4n) is 11.9. The van der Waals surface area contributed by atoms with E-state index in [2.05, 4.69) is 72.8 Å². The van der Waals surface area contributed by atoms with Crippen LogP contribution in [0.25, 0.3) is 0 Å². The third-order valence-electron chi connectivity index (χ3n) is 18.3. The summed E-state index contributed by atoms with van der Waals surface area (Å²) >= 11 is 0. The van der Waals surface area contributed by atoms with E-state index in [-0.39, 0.29) is 25.7 Å². The van der Waals surface area contributed by atoms with Crippen molar-refractivity contribution in [3.05, 3.63) is 24.3 Å². The Morgan fingerprint density at radius 1 is 0.310 bits per heavy atom. The van der Waals surface area contributed by atoms with Crippen LogP contribution in [0.5, 0.6) is 0 Å². The van der Waals surface area contributed by atoms with Gasteiger partial charge in [-0.25, -0.2) is 9.13 Å². The fourth-order valence-corrected chi connectivity index (χ4v) is 13.5. The third kappa shape index (κ3) is 73.8.